The molecule has 1 amide bonds. The molecule has 2 aromatic carbocycles. The predicted octanol–water partition coefficient (Wildman–Crippen LogP) is 3.26. The lowest BCUT2D eigenvalue weighted by atomic mass is 10.1. The van der Waals surface area contributed by atoms with Crippen LogP contribution in [0.2, 0.25) is 0 Å². The molecule has 20 heavy (non-hydrogen) atoms. The number of carbonyl (C=O) groups is 1. The normalized spacial score (nSPS) is 9.95. The molecule has 0 fully saturated rings. The zero-order valence-corrected chi connectivity index (χ0v) is 11.8. The number of aryl methyl sites for hydroxylation is 1. The first-order chi connectivity index (χ1) is 9.67. The first kappa shape index (κ1) is 13.9. The highest BCUT2D eigenvalue weighted by Crippen LogP contribution is 2.31. The minimum atomic E-state index is -0.227. The van der Waals surface area contributed by atoms with Gasteiger partial charge in [0.15, 0.2) is 11.5 Å². The van der Waals surface area contributed by atoms with Gasteiger partial charge in [-0.1, -0.05) is 24.3 Å². The number of hydrogen-bond donors (Lipinski definition) is 1. The average molecular weight is 271 g/mol. The average Bonchev–Trinajstić information content (AvgIpc) is 2.48. The Hall–Kier alpha value is -2.49. The molecule has 0 aliphatic rings. The van der Waals surface area contributed by atoms with Crippen molar-refractivity contribution in [3.8, 4) is 11.5 Å². The van der Waals surface area contributed by atoms with Crippen molar-refractivity contribution in [3.05, 3.63) is 53.6 Å². The number of anilines is 1. The Labute approximate surface area is 118 Å². The molecule has 0 atom stereocenters. The molecule has 2 rings (SSSR count). The number of para-hydroxylation sites is 2. The van der Waals surface area contributed by atoms with E-state index in [0.29, 0.717) is 17.1 Å². The number of hydrogen-bond acceptors (Lipinski definition) is 3. The lowest BCUT2D eigenvalue weighted by Crippen LogP contribution is -2.14. The molecule has 2 aromatic rings. The van der Waals surface area contributed by atoms with E-state index >= 15 is 0 Å². The topological polar surface area (TPSA) is 47.6 Å². The highest BCUT2D eigenvalue weighted by Gasteiger charge is 2.16. The third-order valence-corrected chi connectivity index (χ3v) is 3.04. The Kier molecular flexibility index (Phi) is 4.25. The molecule has 0 unspecified atom stereocenters. The smallest absolute Gasteiger partial charge is 0.259 e. The molecule has 0 heterocycles. The number of ether oxygens (including phenoxy) is 2. The van der Waals surface area contributed by atoms with Gasteiger partial charge in [0.2, 0.25) is 0 Å². The number of rotatable bonds is 4. The second-order valence-corrected chi connectivity index (χ2v) is 4.31. The maximum absolute atomic E-state index is 12.4. The number of carbonyl (C=O) groups excluding carboxylic acids is 1. The van der Waals surface area contributed by atoms with Crippen molar-refractivity contribution in [3.63, 3.8) is 0 Å². The second-order valence-electron chi connectivity index (χ2n) is 4.31. The van der Waals surface area contributed by atoms with Gasteiger partial charge in [-0.15, -0.1) is 0 Å². The van der Waals surface area contributed by atoms with Gasteiger partial charge >= 0.3 is 0 Å². The zero-order chi connectivity index (χ0) is 14.5. The third-order valence-electron chi connectivity index (χ3n) is 3.04. The van der Waals surface area contributed by atoms with Crippen LogP contribution in [0.25, 0.3) is 0 Å². The molecule has 4 heteroatoms. The van der Waals surface area contributed by atoms with Gasteiger partial charge in [0, 0.05) is 5.69 Å². The first-order valence-corrected chi connectivity index (χ1v) is 6.25. The number of nitrogens with one attached hydrogen (secondary N) is 1. The fourth-order valence-electron chi connectivity index (χ4n) is 1.97. The fourth-order valence-corrected chi connectivity index (χ4v) is 1.97. The lowest BCUT2D eigenvalue weighted by molar-refractivity contribution is 0.102. The molecule has 0 aliphatic heterocycles. The van der Waals surface area contributed by atoms with Gasteiger partial charge in [0.25, 0.3) is 5.91 Å². The summed E-state index contributed by atoms with van der Waals surface area (Å²) in [4.78, 5) is 12.4. The third kappa shape index (κ3) is 2.74. The van der Waals surface area contributed by atoms with Gasteiger partial charge < -0.3 is 14.8 Å². The first-order valence-electron chi connectivity index (χ1n) is 6.25. The van der Waals surface area contributed by atoms with E-state index in [1.807, 2.05) is 31.2 Å². The molecule has 0 aromatic heterocycles. The summed E-state index contributed by atoms with van der Waals surface area (Å²) in [6.07, 6.45) is 0. The van der Waals surface area contributed by atoms with E-state index in [1.165, 1.54) is 7.11 Å². The van der Waals surface area contributed by atoms with Crippen LogP contribution in [0.15, 0.2) is 42.5 Å². The van der Waals surface area contributed by atoms with Crippen molar-refractivity contribution in [1.82, 2.24) is 0 Å². The van der Waals surface area contributed by atoms with Crippen molar-refractivity contribution < 1.29 is 14.3 Å². The predicted molar refractivity (Wildman–Crippen MR) is 78.7 cm³/mol. The summed E-state index contributed by atoms with van der Waals surface area (Å²) >= 11 is 0. The number of methoxy groups -OCH3 is 2. The van der Waals surface area contributed by atoms with Gasteiger partial charge in [0.05, 0.1) is 19.8 Å². The van der Waals surface area contributed by atoms with E-state index in [4.69, 9.17) is 9.47 Å². The van der Waals surface area contributed by atoms with Crippen LogP contribution in [0.4, 0.5) is 5.69 Å². The molecule has 0 aliphatic carbocycles. The van der Waals surface area contributed by atoms with E-state index in [9.17, 15) is 4.79 Å². The highest BCUT2D eigenvalue weighted by molar-refractivity contribution is 6.07. The van der Waals surface area contributed by atoms with E-state index in [2.05, 4.69) is 5.32 Å². The van der Waals surface area contributed by atoms with Gasteiger partial charge in [0.1, 0.15) is 0 Å². The molecule has 0 saturated carbocycles. The van der Waals surface area contributed by atoms with Crippen LogP contribution in [-0.4, -0.2) is 20.1 Å². The van der Waals surface area contributed by atoms with Crippen LogP contribution in [0.5, 0.6) is 11.5 Å². The van der Waals surface area contributed by atoms with E-state index in [-0.39, 0.29) is 5.91 Å². The fraction of sp³-hybridized carbons (Fsp3) is 0.188. The minimum Gasteiger partial charge on any atom is -0.493 e. The Morgan fingerprint density at radius 1 is 1.00 bits per heavy atom. The molecule has 0 bridgehead atoms. The van der Waals surface area contributed by atoms with Gasteiger partial charge in [-0.2, -0.15) is 0 Å². The van der Waals surface area contributed by atoms with Gasteiger partial charge in [-0.25, -0.2) is 0 Å². The standard InChI is InChI=1S/C16H17NO3/c1-11-7-4-5-9-13(11)17-16(18)12-8-6-10-14(19-2)15(12)20-3/h4-10H,1-3H3,(H,17,18). The summed E-state index contributed by atoms with van der Waals surface area (Å²) < 4.78 is 10.5. The zero-order valence-electron chi connectivity index (χ0n) is 11.8. The SMILES string of the molecule is COc1cccc(C(=O)Nc2ccccc2C)c1OC. The monoisotopic (exact) mass is 271 g/mol. The summed E-state index contributed by atoms with van der Waals surface area (Å²) in [7, 11) is 3.06. The molecule has 4 nitrogen and oxygen atoms in total. The maximum Gasteiger partial charge on any atom is 0.259 e. The molecular formula is C16H17NO3. The minimum absolute atomic E-state index is 0.227. The van der Waals surface area contributed by atoms with Crippen molar-refractivity contribution in [1.29, 1.82) is 0 Å². The quantitative estimate of drug-likeness (QED) is 0.928. The van der Waals surface area contributed by atoms with Crippen LogP contribution in [0.3, 0.4) is 0 Å². The lowest BCUT2D eigenvalue weighted by Gasteiger charge is -2.13. The summed E-state index contributed by atoms with van der Waals surface area (Å²) in [5.41, 5.74) is 2.22. The van der Waals surface area contributed by atoms with Crippen LogP contribution in [-0.2, 0) is 0 Å². The summed E-state index contributed by atoms with van der Waals surface area (Å²) in [5, 5.41) is 2.88. The molecule has 104 valence electrons. The molecule has 0 radical (unpaired) electrons. The summed E-state index contributed by atoms with van der Waals surface area (Å²) in [6, 6.07) is 12.8. The highest BCUT2D eigenvalue weighted by atomic mass is 16.5. The Balaban J connectivity index is 2.32. The Morgan fingerprint density at radius 3 is 2.40 bits per heavy atom. The Bertz CT molecular complexity index is 623. The van der Waals surface area contributed by atoms with E-state index in [1.54, 1.807) is 25.3 Å². The van der Waals surface area contributed by atoms with Crippen LogP contribution in [0.1, 0.15) is 15.9 Å². The van der Waals surface area contributed by atoms with Crippen molar-refractivity contribution in [2.24, 2.45) is 0 Å². The molecule has 0 saturated heterocycles. The van der Waals surface area contributed by atoms with Gasteiger partial charge in [-0.3, -0.25) is 4.79 Å². The number of benzene rings is 2. The largest absolute Gasteiger partial charge is 0.493 e. The van der Waals surface area contributed by atoms with E-state index in [0.717, 1.165) is 11.3 Å². The van der Waals surface area contributed by atoms with Crippen LogP contribution < -0.4 is 14.8 Å². The molecular weight excluding hydrogens is 254 g/mol. The second kappa shape index (κ2) is 6.10. The van der Waals surface area contributed by atoms with Gasteiger partial charge in [-0.05, 0) is 30.7 Å². The molecule has 1 N–H and O–H groups in total. The number of amides is 1. The van der Waals surface area contributed by atoms with Crippen LogP contribution >= 0.6 is 0 Å². The van der Waals surface area contributed by atoms with Crippen molar-refractivity contribution in [2.45, 2.75) is 6.92 Å². The molecule has 0 spiro atoms. The summed E-state index contributed by atoms with van der Waals surface area (Å²) in [6.45, 7) is 1.94. The van der Waals surface area contributed by atoms with Crippen LogP contribution in [0, 0.1) is 6.92 Å². The van der Waals surface area contributed by atoms with Crippen molar-refractivity contribution >= 4 is 11.6 Å². The summed E-state index contributed by atoms with van der Waals surface area (Å²) in [5.74, 6) is 0.737. The maximum atomic E-state index is 12.4. The Morgan fingerprint density at radius 2 is 1.75 bits per heavy atom. The van der Waals surface area contributed by atoms with Crippen molar-refractivity contribution in [2.75, 3.05) is 19.5 Å². The van der Waals surface area contributed by atoms with E-state index < -0.39 is 0 Å².